The summed E-state index contributed by atoms with van der Waals surface area (Å²) in [6, 6.07) is 10.4. The number of benzene rings is 2. The lowest BCUT2D eigenvalue weighted by Gasteiger charge is -2.26. The van der Waals surface area contributed by atoms with Crippen LogP contribution in [0.15, 0.2) is 47.4 Å². The Hall–Kier alpha value is -2.45. The summed E-state index contributed by atoms with van der Waals surface area (Å²) >= 11 is 0. The van der Waals surface area contributed by atoms with Gasteiger partial charge in [-0.2, -0.15) is 4.31 Å². The number of carbonyl (C=O) groups is 1. The number of nitrogens with zero attached hydrogens (tertiary/aromatic N) is 2. The van der Waals surface area contributed by atoms with Crippen LogP contribution >= 0.6 is 0 Å². The van der Waals surface area contributed by atoms with Crippen molar-refractivity contribution in [3.05, 3.63) is 53.8 Å². The summed E-state index contributed by atoms with van der Waals surface area (Å²) in [6.45, 7) is 2.36. The van der Waals surface area contributed by atoms with Gasteiger partial charge in [-0.25, -0.2) is 12.8 Å². The van der Waals surface area contributed by atoms with Gasteiger partial charge in [0.05, 0.1) is 4.90 Å². The van der Waals surface area contributed by atoms with Crippen LogP contribution in [0.2, 0.25) is 0 Å². The lowest BCUT2D eigenvalue weighted by atomic mass is 10.1. The molecule has 3 rings (SSSR count). The van der Waals surface area contributed by atoms with Crippen molar-refractivity contribution in [2.45, 2.75) is 37.6 Å². The molecule has 30 heavy (non-hydrogen) atoms. The van der Waals surface area contributed by atoms with Crippen LogP contribution in [0, 0.1) is 11.7 Å². The zero-order valence-electron chi connectivity index (χ0n) is 17.6. The number of hydrogen-bond donors (Lipinski definition) is 1. The topological polar surface area (TPSA) is 69.7 Å². The Morgan fingerprint density at radius 2 is 1.80 bits per heavy atom. The van der Waals surface area contributed by atoms with Crippen LogP contribution in [0.1, 0.15) is 31.7 Å². The van der Waals surface area contributed by atoms with Gasteiger partial charge in [0.25, 0.3) is 0 Å². The summed E-state index contributed by atoms with van der Waals surface area (Å²) in [5.41, 5.74) is 2.30. The fourth-order valence-corrected chi connectivity index (χ4v) is 4.75. The van der Waals surface area contributed by atoms with Crippen LogP contribution in [-0.2, 0) is 21.4 Å². The molecular formula is C22H28FN3O3S. The predicted octanol–water partition coefficient (Wildman–Crippen LogP) is 3.84. The van der Waals surface area contributed by atoms with E-state index in [0.717, 1.165) is 36.2 Å². The molecule has 1 saturated carbocycles. The van der Waals surface area contributed by atoms with Gasteiger partial charge in [-0.3, -0.25) is 4.79 Å². The van der Waals surface area contributed by atoms with Crippen LogP contribution in [0.3, 0.4) is 0 Å². The number of rotatable bonds is 9. The maximum absolute atomic E-state index is 13.3. The molecule has 0 atom stereocenters. The second-order valence-corrected chi connectivity index (χ2v) is 9.77. The van der Waals surface area contributed by atoms with Gasteiger partial charge in [0, 0.05) is 45.0 Å². The first-order valence-corrected chi connectivity index (χ1v) is 11.5. The van der Waals surface area contributed by atoms with Crippen molar-refractivity contribution in [2.24, 2.45) is 5.92 Å². The third-order valence-electron chi connectivity index (χ3n) is 5.12. The Kier molecular flexibility index (Phi) is 6.77. The van der Waals surface area contributed by atoms with Gasteiger partial charge >= 0.3 is 0 Å². The van der Waals surface area contributed by atoms with Crippen LogP contribution in [0.25, 0.3) is 0 Å². The molecule has 0 heterocycles. The van der Waals surface area contributed by atoms with Crippen LogP contribution in [-0.4, -0.2) is 39.3 Å². The van der Waals surface area contributed by atoms with E-state index < -0.39 is 15.8 Å². The first kappa shape index (κ1) is 22.2. The van der Waals surface area contributed by atoms with Crippen molar-refractivity contribution in [1.82, 2.24) is 4.31 Å². The monoisotopic (exact) mass is 433 g/mol. The second-order valence-electron chi connectivity index (χ2n) is 7.83. The largest absolute Gasteiger partial charge is 0.377 e. The van der Waals surface area contributed by atoms with E-state index in [-0.39, 0.29) is 17.3 Å². The van der Waals surface area contributed by atoms with Crippen molar-refractivity contribution in [3.63, 3.8) is 0 Å². The van der Waals surface area contributed by atoms with Crippen LogP contribution < -0.4 is 10.2 Å². The molecule has 0 spiro atoms. The molecule has 1 fully saturated rings. The standard InChI is InChI=1S/C22H28FN3O3S/c1-4-22(27)24-19-9-12-21(25(2)3)17(13-19)15-26(14-16-5-6-16)30(28,29)20-10-7-18(23)8-11-20/h7-13,16H,4-6,14-15H2,1-3H3,(H,24,27). The van der Waals surface area contributed by atoms with Crippen LogP contribution in [0.5, 0.6) is 0 Å². The number of halogens is 1. The van der Waals surface area contributed by atoms with E-state index in [9.17, 15) is 17.6 Å². The highest BCUT2D eigenvalue weighted by molar-refractivity contribution is 7.89. The molecule has 1 aliphatic carbocycles. The van der Waals surface area contributed by atoms with Gasteiger partial charge in [-0.15, -0.1) is 0 Å². The Balaban J connectivity index is 1.96. The molecule has 2 aromatic carbocycles. The SMILES string of the molecule is CCC(=O)Nc1ccc(N(C)C)c(CN(CC2CC2)S(=O)(=O)c2ccc(F)cc2)c1. The lowest BCUT2D eigenvalue weighted by molar-refractivity contribution is -0.115. The molecule has 2 aromatic rings. The fourth-order valence-electron chi connectivity index (χ4n) is 3.26. The van der Waals surface area contributed by atoms with Gasteiger partial charge in [0.1, 0.15) is 5.82 Å². The first-order chi connectivity index (χ1) is 14.2. The molecule has 0 unspecified atom stereocenters. The number of nitrogens with one attached hydrogen (secondary N) is 1. The Morgan fingerprint density at radius 3 is 2.37 bits per heavy atom. The Bertz CT molecular complexity index is 1000. The summed E-state index contributed by atoms with van der Waals surface area (Å²) in [6.07, 6.45) is 2.36. The number of hydrogen-bond acceptors (Lipinski definition) is 4. The minimum Gasteiger partial charge on any atom is -0.377 e. The van der Waals surface area contributed by atoms with Crippen molar-refractivity contribution in [3.8, 4) is 0 Å². The van der Waals surface area contributed by atoms with E-state index in [0.29, 0.717) is 24.6 Å². The molecule has 6 nitrogen and oxygen atoms in total. The molecule has 1 N–H and O–H groups in total. The molecule has 0 aliphatic heterocycles. The third kappa shape index (κ3) is 5.37. The zero-order valence-corrected chi connectivity index (χ0v) is 18.4. The maximum atomic E-state index is 13.3. The highest BCUT2D eigenvalue weighted by Crippen LogP contribution is 2.34. The highest BCUT2D eigenvalue weighted by atomic mass is 32.2. The molecule has 0 bridgehead atoms. The quantitative estimate of drug-likeness (QED) is 0.652. The minimum atomic E-state index is -3.79. The van der Waals surface area contributed by atoms with Gasteiger partial charge in [0.2, 0.25) is 15.9 Å². The summed E-state index contributed by atoms with van der Waals surface area (Å²) in [7, 11) is -0.00991. The second kappa shape index (κ2) is 9.14. The maximum Gasteiger partial charge on any atom is 0.243 e. The third-order valence-corrected chi connectivity index (χ3v) is 6.95. The van der Waals surface area contributed by atoms with Gasteiger partial charge < -0.3 is 10.2 Å². The van der Waals surface area contributed by atoms with E-state index in [2.05, 4.69) is 5.32 Å². The minimum absolute atomic E-state index is 0.0754. The summed E-state index contributed by atoms with van der Waals surface area (Å²) in [5, 5.41) is 2.83. The Labute approximate surface area is 177 Å². The van der Waals surface area contributed by atoms with Gasteiger partial charge in [0.15, 0.2) is 0 Å². The summed E-state index contributed by atoms with van der Waals surface area (Å²) in [5.74, 6) is -0.240. The van der Waals surface area contributed by atoms with Crippen molar-refractivity contribution in [1.29, 1.82) is 0 Å². The Morgan fingerprint density at radius 1 is 1.13 bits per heavy atom. The van der Waals surface area contributed by atoms with Gasteiger partial charge in [-0.05, 0) is 66.8 Å². The molecule has 162 valence electrons. The normalized spacial score (nSPS) is 14.0. The molecule has 1 aliphatic rings. The van der Waals surface area contributed by atoms with Crippen molar-refractivity contribution in [2.75, 3.05) is 30.9 Å². The number of amides is 1. The van der Waals surface area contributed by atoms with Gasteiger partial charge in [-0.1, -0.05) is 6.92 Å². The number of carbonyl (C=O) groups excluding carboxylic acids is 1. The van der Waals surface area contributed by atoms with E-state index >= 15 is 0 Å². The molecule has 0 radical (unpaired) electrons. The predicted molar refractivity (Wildman–Crippen MR) is 116 cm³/mol. The van der Waals surface area contributed by atoms with E-state index in [4.69, 9.17) is 0 Å². The number of anilines is 2. The molecule has 0 saturated heterocycles. The molecule has 8 heteroatoms. The highest BCUT2D eigenvalue weighted by Gasteiger charge is 2.32. The van der Waals surface area contributed by atoms with E-state index in [1.54, 1.807) is 6.92 Å². The molecular weight excluding hydrogens is 405 g/mol. The molecule has 1 amide bonds. The average Bonchev–Trinajstić information content (AvgIpc) is 3.52. The first-order valence-electron chi connectivity index (χ1n) is 10.1. The van der Waals surface area contributed by atoms with E-state index in [1.807, 2.05) is 37.2 Å². The van der Waals surface area contributed by atoms with Crippen molar-refractivity contribution >= 4 is 27.3 Å². The van der Waals surface area contributed by atoms with Crippen LogP contribution in [0.4, 0.5) is 15.8 Å². The summed E-state index contributed by atoms with van der Waals surface area (Å²) in [4.78, 5) is 13.8. The fraction of sp³-hybridized carbons (Fsp3) is 0.409. The van der Waals surface area contributed by atoms with E-state index in [1.165, 1.54) is 16.4 Å². The molecule has 0 aromatic heterocycles. The number of sulfonamides is 1. The summed E-state index contributed by atoms with van der Waals surface area (Å²) < 4.78 is 41.4. The smallest absolute Gasteiger partial charge is 0.243 e. The average molecular weight is 434 g/mol. The lowest BCUT2D eigenvalue weighted by Crippen LogP contribution is -2.33. The van der Waals surface area contributed by atoms with Crippen molar-refractivity contribution < 1.29 is 17.6 Å². The zero-order chi connectivity index (χ0) is 21.9.